The Morgan fingerprint density at radius 2 is 1.66 bits per heavy atom. The minimum Gasteiger partial charge on any atom is -0.456 e. The first-order valence-electron chi connectivity index (χ1n) is 9.82. The van der Waals surface area contributed by atoms with Crippen molar-refractivity contribution in [2.75, 3.05) is 5.32 Å². The smallest absolute Gasteiger partial charge is 0.136 e. The van der Waals surface area contributed by atoms with Gasteiger partial charge in [0.05, 0.1) is 5.54 Å². The number of hydrogen-bond donors (Lipinski definition) is 1. The zero-order chi connectivity index (χ0) is 20.2. The molecule has 2 nitrogen and oxygen atoms in total. The Morgan fingerprint density at radius 1 is 0.897 bits per heavy atom. The summed E-state index contributed by atoms with van der Waals surface area (Å²) < 4.78 is 20.7. The molecule has 3 aromatic rings. The number of rotatable bonds is 1. The number of fused-ring (bicyclic) bond motifs is 5. The van der Waals surface area contributed by atoms with Crippen LogP contribution < -0.4 is 10.1 Å². The van der Waals surface area contributed by atoms with Crippen LogP contribution >= 0.6 is 0 Å². The molecule has 0 aromatic heterocycles. The SMILES string of the molecule is CC1=CC(C)(C)Nc2ccc3c(c21)/C(=C/c1ccccc1F)Oc1ccccc1-3. The number of benzene rings is 3. The van der Waals surface area contributed by atoms with Crippen molar-refractivity contribution in [1.29, 1.82) is 0 Å². The molecular weight excluding hydrogens is 361 g/mol. The summed E-state index contributed by atoms with van der Waals surface area (Å²) in [4.78, 5) is 0. The van der Waals surface area contributed by atoms with E-state index in [1.807, 2.05) is 24.3 Å². The second kappa shape index (κ2) is 6.35. The van der Waals surface area contributed by atoms with E-state index in [0.717, 1.165) is 33.7 Å². The van der Waals surface area contributed by atoms with Gasteiger partial charge in [-0.05, 0) is 56.2 Å². The molecule has 5 rings (SSSR count). The third-order valence-corrected chi connectivity index (χ3v) is 5.47. The highest BCUT2D eigenvalue weighted by Gasteiger charge is 2.31. The summed E-state index contributed by atoms with van der Waals surface area (Å²) in [6, 6.07) is 19.0. The number of para-hydroxylation sites is 1. The van der Waals surface area contributed by atoms with Crippen LogP contribution in [0.1, 0.15) is 37.5 Å². The summed E-state index contributed by atoms with van der Waals surface area (Å²) in [5.74, 6) is 1.18. The summed E-state index contributed by atoms with van der Waals surface area (Å²) >= 11 is 0. The molecule has 3 heteroatoms. The van der Waals surface area contributed by atoms with Gasteiger partial charge in [-0.1, -0.05) is 48.5 Å². The predicted octanol–water partition coefficient (Wildman–Crippen LogP) is 6.99. The van der Waals surface area contributed by atoms with Crippen LogP contribution in [0.2, 0.25) is 0 Å². The van der Waals surface area contributed by atoms with Gasteiger partial charge in [0.2, 0.25) is 0 Å². The van der Waals surface area contributed by atoms with E-state index in [2.05, 4.69) is 50.4 Å². The van der Waals surface area contributed by atoms with Crippen molar-refractivity contribution < 1.29 is 9.13 Å². The third kappa shape index (κ3) is 2.94. The lowest BCUT2D eigenvalue weighted by molar-refractivity contribution is 0.514. The van der Waals surface area contributed by atoms with E-state index < -0.39 is 0 Å². The van der Waals surface area contributed by atoms with Crippen molar-refractivity contribution in [3.63, 3.8) is 0 Å². The fraction of sp³-hybridized carbons (Fsp3) is 0.154. The summed E-state index contributed by atoms with van der Waals surface area (Å²) in [5, 5.41) is 3.60. The van der Waals surface area contributed by atoms with E-state index >= 15 is 0 Å². The molecule has 144 valence electrons. The molecule has 2 heterocycles. The Labute approximate surface area is 170 Å². The number of halogens is 1. The van der Waals surface area contributed by atoms with Crippen molar-refractivity contribution in [2.45, 2.75) is 26.3 Å². The second-order valence-electron chi connectivity index (χ2n) is 8.21. The van der Waals surface area contributed by atoms with Crippen LogP contribution in [0.4, 0.5) is 10.1 Å². The van der Waals surface area contributed by atoms with Crippen molar-refractivity contribution in [3.05, 3.63) is 89.2 Å². The number of anilines is 1. The molecular formula is C26H22FNO. The Hall–Kier alpha value is -3.33. The fourth-order valence-corrected chi connectivity index (χ4v) is 4.38. The van der Waals surface area contributed by atoms with Crippen molar-refractivity contribution in [3.8, 4) is 16.9 Å². The molecule has 1 N–H and O–H groups in total. The average molecular weight is 383 g/mol. The average Bonchev–Trinajstić information content (AvgIpc) is 2.68. The predicted molar refractivity (Wildman–Crippen MR) is 118 cm³/mol. The first-order chi connectivity index (χ1) is 13.9. The van der Waals surface area contributed by atoms with Gasteiger partial charge in [0.1, 0.15) is 17.3 Å². The molecule has 0 bridgehead atoms. The van der Waals surface area contributed by atoms with Crippen molar-refractivity contribution in [1.82, 2.24) is 0 Å². The van der Waals surface area contributed by atoms with Crippen LogP contribution in [0.25, 0.3) is 28.5 Å². The minimum atomic E-state index is -0.264. The Morgan fingerprint density at radius 3 is 2.48 bits per heavy atom. The molecule has 0 amide bonds. The number of ether oxygens (including phenoxy) is 1. The van der Waals surface area contributed by atoms with Gasteiger partial charge in [-0.2, -0.15) is 0 Å². The summed E-state index contributed by atoms with van der Waals surface area (Å²) in [7, 11) is 0. The van der Waals surface area contributed by atoms with E-state index in [1.165, 1.54) is 11.6 Å². The highest BCUT2D eigenvalue weighted by atomic mass is 19.1. The maximum Gasteiger partial charge on any atom is 0.136 e. The maximum absolute atomic E-state index is 14.4. The van der Waals surface area contributed by atoms with Gasteiger partial charge in [0.25, 0.3) is 0 Å². The van der Waals surface area contributed by atoms with E-state index in [0.29, 0.717) is 11.3 Å². The Balaban J connectivity index is 1.81. The van der Waals surface area contributed by atoms with Gasteiger partial charge in [-0.15, -0.1) is 0 Å². The largest absolute Gasteiger partial charge is 0.456 e. The lowest BCUT2D eigenvalue weighted by Crippen LogP contribution is -2.32. The normalized spacial score (nSPS) is 17.4. The molecule has 0 unspecified atom stereocenters. The molecule has 2 aliphatic rings. The topological polar surface area (TPSA) is 21.3 Å². The van der Waals surface area contributed by atoms with Crippen LogP contribution in [-0.2, 0) is 0 Å². The zero-order valence-corrected chi connectivity index (χ0v) is 16.7. The first-order valence-corrected chi connectivity index (χ1v) is 9.82. The molecule has 0 fully saturated rings. The first kappa shape index (κ1) is 17.7. The maximum atomic E-state index is 14.4. The standard InChI is InChI=1S/C26H22FNO/c1-16-15-26(2,3)28-21-13-12-19-18-9-5-7-11-22(18)29-23(25(19)24(16)21)14-17-8-4-6-10-20(17)27/h4-15,28H,1-3H3/b23-14-. The van der Waals surface area contributed by atoms with Crippen molar-refractivity contribution in [2.24, 2.45) is 0 Å². The van der Waals surface area contributed by atoms with E-state index in [-0.39, 0.29) is 11.4 Å². The molecule has 3 aromatic carbocycles. The summed E-state index contributed by atoms with van der Waals surface area (Å²) in [5.41, 5.74) is 6.89. The lowest BCUT2D eigenvalue weighted by atomic mass is 9.83. The third-order valence-electron chi connectivity index (χ3n) is 5.47. The van der Waals surface area contributed by atoms with Gasteiger partial charge in [-0.25, -0.2) is 4.39 Å². The van der Waals surface area contributed by atoms with Crippen LogP contribution in [-0.4, -0.2) is 5.54 Å². The Bertz CT molecular complexity index is 1200. The monoisotopic (exact) mass is 383 g/mol. The molecule has 29 heavy (non-hydrogen) atoms. The highest BCUT2D eigenvalue weighted by molar-refractivity contribution is 6.00. The molecule has 0 saturated heterocycles. The highest BCUT2D eigenvalue weighted by Crippen LogP contribution is 2.49. The number of allylic oxidation sites excluding steroid dienone is 1. The van der Waals surface area contributed by atoms with Crippen molar-refractivity contribution >= 4 is 23.1 Å². The van der Waals surface area contributed by atoms with Gasteiger partial charge in [0.15, 0.2) is 0 Å². The molecule has 0 saturated carbocycles. The van der Waals surface area contributed by atoms with Crippen LogP contribution in [0.5, 0.6) is 5.75 Å². The molecule has 0 aliphatic carbocycles. The summed E-state index contributed by atoms with van der Waals surface area (Å²) in [6.07, 6.45) is 4.04. The molecule has 0 radical (unpaired) electrons. The van der Waals surface area contributed by atoms with Crippen LogP contribution in [0.15, 0.2) is 66.7 Å². The fourth-order valence-electron chi connectivity index (χ4n) is 4.38. The number of nitrogens with one attached hydrogen (secondary N) is 1. The quantitative estimate of drug-likeness (QED) is 0.489. The van der Waals surface area contributed by atoms with E-state index in [1.54, 1.807) is 18.2 Å². The zero-order valence-electron chi connectivity index (χ0n) is 16.7. The molecule has 0 atom stereocenters. The van der Waals surface area contributed by atoms with Gasteiger partial charge in [0, 0.05) is 27.9 Å². The Kier molecular flexibility index (Phi) is 3.88. The van der Waals surface area contributed by atoms with Crippen LogP contribution in [0, 0.1) is 5.82 Å². The van der Waals surface area contributed by atoms with Gasteiger partial charge in [-0.3, -0.25) is 0 Å². The summed E-state index contributed by atoms with van der Waals surface area (Å²) in [6.45, 7) is 6.44. The van der Waals surface area contributed by atoms with Gasteiger partial charge < -0.3 is 10.1 Å². The van der Waals surface area contributed by atoms with E-state index in [4.69, 9.17) is 4.74 Å². The van der Waals surface area contributed by atoms with E-state index in [9.17, 15) is 4.39 Å². The molecule has 0 spiro atoms. The second-order valence-corrected chi connectivity index (χ2v) is 8.21. The number of hydrogen-bond acceptors (Lipinski definition) is 2. The minimum absolute atomic E-state index is 0.131. The lowest BCUT2D eigenvalue weighted by Gasteiger charge is -2.35. The van der Waals surface area contributed by atoms with Gasteiger partial charge >= 0.3 is 0 Å². The molecule has 2 aliphatic heterocycles. The van der Waals surface area contributed by atoms with Crippen LogP contribution in [0.3, 0.4) is 0 Å².